The zero-order valence-electron chi connectivity index (χ0n) is 31.2. The fraction of sp³-hybridized carbons (Fsp3) is 0.0545. The molecule has 266 valence electrons. The third kappa shape index (κ3) is 5.81. The number of hydrogen-bond donors (Lipinski definition) is 0. The number of allylic oxidation sites excluding steroid dienone is 4. The van der Waals surface area contributed by atoms with E-state index >= 15 is 0 Å². The van der Waals surface area contributed by atoms with Gasteiger partial charge < -0.3 is 4.90 Å². The first-order chi connectivity index (χ1) is 27.8. The lowest BCUT2D eigenvalue weighted by Crippen LogP contribution is -2.28. The molecule has 8 aromatic carbocycles. The predicted octanol–water partition coefficient (Wildman–Crippen LogP) is 14.6. The van der Waals surface area contributed by atoms with Crippen molar-refractivity contribution < 1.29 is 0 Å². The minimum atomic E-state index is -0.498. The summed E-state index contributed by atoms with van der Waals surface area (Å²) in [7, 11) is 0. The van der Waals surface area contributed by atoms with Gasteiger partial charge in [0.25, 0.3) is 0 Å². The molecule has 0 bridgehead atoms. The molecule has 1 heteroatoms. The highest BCUT2D eigenvalue weighted by molar-refractivity contribution is 5.91. The van der Waals surface area contributed by atoms with Crippen LogP contribution in [0, 0.1) is 0 Å². The van der Waals surface area contributed by atoms with Crippen molar-refractivity contribution in [2.45, 2.75) is 18.3 Å². The Morgan fingerprint density at radius 1 is 0.375 bits per heavy atom. The molecule has 0 aromatic heterocycles. The summed E-state index contributed by atoms with van der Waals surface area (Å²) in [5.41, 5.74) is 17.9. The van der Waals surface area contributed by atoms with Crippen molar-refractivity contribution in [1.82, 2.24) is 0 Å². The number of rotatable bonds is 8. The highest BCUT2D eigenvalue weighted by Crippen LogP contribution is 2.57. The molecular formula is C55H41N. The molecule has 0 fully saturated rings. The lowest BCUT2D eigenvalue weighted by atomic mass is 9.67. The average Bonchev–Trinajstić information content (AvgIpc) is 3.58. The second-order valence-electron chi connectivity index (χ2n) is 14.8. The van der Waals surface area contributed by atoms with E-state index in [9.17, 15) is 0 Å². The van der Waals surface area contributed by atoms with E-state index in [1.165, 1.54) is 66.8 Å². The lowest BCUT2D eigenvalue weighted by Gasteiger charge is -2.35. The van der Waals surface area contributed by atoms with E-state index in [1.54, 1.807) is 0 Å². The number of hydrogen-bond acceptors (Lipinski definition) is 1. The fourth-order valence-electron chi connectivity index (χ4n) is 9.02. The smallest absolute Gasteiger partial charge is 0.0714 e. The van der Waals surface area contributed by atoms with E-state index < -0.39 is 5.41 Å². The van der Waals surface area contributed by atoms with Gasteiger partial charge in [0.2, 0.25) is 0 Å². The third-order valence-electron chi connectivity index (χ3n) is 11.6. The first-order valence-corrected chi connectivity index (χ1v) is 19.6. The van der Waals surface area contributed by atoms with Gasteiger partial charge in [-0.15, -0.1) is 0 Å². The predicted molar refractivity (Wildman–Crippen MR) is 236 cm³/mol. The molecule has 0 atom stereocenters. The Labute approximate surface area is 330 Å². The van der Waals surface area contributed by atoms with Gasteiger partial charge >= 0.3 is 0 Å². The molecule has 0 saturated heterocycles. The van der Waals surface area contributed by atoms with Gasteiger partial charge in [-0.3, -0.25) is 0 Å². The summed E-state index contributed by atoms with van der Waals surface area (Å²) >= 11 is 0. The van der Waals surface area contributed by atoms with Gasteiger partial charge in [-0.05, 0) is 122 Å². The molecule has 2 aliphatic carbocycles. The van der Waals surface area contributed by atoms with Crippen LogP contribution in [0.3, 0.4) is 0 Å². The van der Waals surface area contributed by atoms with Crippen LogP contribution >= 0.6 is 0 Å². The average molecular weight is 716 g/mol. The van der Waals surface area contributed by atoms with Crippen LogP contribution in [0.5, 0.6) is 0 Å². The Hall–Kier alpha value is -6.96. The summed E-state index contributed by atoms with van der Waals surface area (Å²) in [4.78, 5) is 2.46. The van der Waals surface area contributed by atoms with Crippen LogP contribution in [-0.2, 0) is 5.41 Å². The molecule has 0 unspecified atom stereocenters. The maximum Gasteiger partial charge on any atom is 0.0714 e. The van der Waals surface area contributed by atoms with E-state index in [-0.39, 0.29) is 0 Å². The minimum Gasteiger partial charge on any atom is -0.310 e. The monoisotopic (exact) mass is 715 g/mol. The molecule has 0 spiro atoms. The highest BCUT2D eigenvalue weighted by atomic mass is 15.1. The van der Waals surface area contributed by atoms with E-state index in [4.69, 9.17) is 0 Å². The van der Waals surface area contributed by atoms with E-state index in [0.717, 1.165) is 29.9 Å². The lowest BCUT2D eigenvalue weighted by molar-refractivity contribution is 0.768. The van der Waals surface area contributed by atoms with Crippen molar-refractivity contribution in [3.63, 3.8) is 0 Å². The van der Waals surface area contributed by atoms with Crippen molar-refractivity contribution in [1.29, 1.82) is 0 Å². The molecule has 0 radical (unpaired) electrons. The van der Waals surface area contributed by atoms with Crippen molar-refractivity contribution in [3.8, 4) is 33.4 Å². The summed E-state index contributed by atoms with van der Waals surface area (Å²) < 4.78 is 0. The Morgan fingerprint density at radius 3 is 1.50 bits per heavy atom. The summed E-state index contributed by atoms with van der Waals surface area (Å²) in [6, 6.07) is 76.0. The number of nitrogens with zero attached hydrogens (tertiary/aromatic N) is 1. The highest BCUT2D eigenvalue weighted by Gasteiger charge is 2.46. The quantitative estimate of drug-likeness (QED) is 0.151. The van der Waals surface area contributed by atoms with Gasteiger partial charge in [0.15, 0.2) is 0 Å². The second-order valence-corrected chi connectivity index (χ2v) is 14.8. The Bertz CT molecular complexity index is 2610. The first-order valence-electron chi connectivity index (χ1n) is 19.6. The molecule has 2 aliphatic rings. The Morgan fingerprint density at radius 2 is 0.911 bits per heavy atom. The molecular weight excluding hydrogens is 675 g/mol. The molecule has 0 aliphatic heterocycles. The number of benzene rings is 8. The van der Waals surface area contributed by atoms with E-state index in [0.29, 0.717) is 0 Å². The van der Waals surface area contributed by atoms with E-state index in [2.05, 4.69) is 229 Å². The van der Waals surface area contributed by atoms with Crippen LogP contribution < -0.4 is 4.90 Å². The minimum absolute atomic E-state index is 0.498. The number of fused-ring (bicyclic) bond motifs is 3. The second kappa shape index (κ2) is 14.4. The molecule has 8 aromatic rings. The van der Waals surface area contributed by atoms with Gasteiger partial charge in [-0.1, -0.05) is 182 Å². The molecule has 0 N–H and O–H groups in total. The summed E-state index contributed by atoms with van der Waals surface area (Å²) in [6.45, 7) is 0. The molecule has 56 heavy (non-hydrogen) atoms. The van der Waals surface area contributed by atoms with Gasteiger partial charge in [-0.2, -0.15) is 0 Å². The number of anilines is 3. The molecule has 0 heterocycles. The Balaban J connectivity index is 1.23. The van der Waals surface area contributed by atoms with Gasteiger partial charge in [-0.25, -0.2) is 0 Å². The maximum absolute atomic E-state index is 2.47. The summed E-state index contributed by atoms with van der Waals surface area (Å²) in [6.07, 6.45) is 8.84. The summed E-state index contributed by atoms with van der Waals surface area (Å²) in [5.74, 6) is 0. The zero-order valence-corrected chi connectivity index (χ0v) is 31.2. The standard InChI is InChI=1S/C55H41N/c1-6-18-40(19-7-1)43-30-32-48(33-31-43)56(50-37-44(41-20-8-2-9-21-41)36-45(38-50)42-22-10-3-11-23-42)49-34-35-52-51-28-16-17-29-53(51)55(54(52)39-49,46-24-12-4-13-25-46)47-26-14-5-15-27-47/h1-6,8-18,20-39H,7,19H2. The SMILES string of the molecule is C1=CCCC(c2ccc(N(c3cc(-c4ccccc4)cc(-c4ccccc4)c3)c3ccc4c(c3)C(c3ccccc3)(c3ccccc3)c3ccccc3-4)cc2)=C1. The van der Waals surface area contributed by atoms with Crippen LogP contribution in [0.2, 0.25) is 0 Å². The van der Waals surface area contributed by atoms with E-state index in [1.807, 2.05) is 0 Å². The molecule has 0 amide bonds. The summed E-state index contributed by atoms with van der Waals surface area (Å²) in [5, 5.41) is 0. The zero-order chi connectivity index (χ0) is 37.3. The van der Waals surface area contributed by atoms with Crippen LogP contribution in [0.15, 0.2) is 224 Å². The van der Waals surface area contributed by atoms with Gasteiger partial charge in [0, 0.05) is 17.1 Å². The maximum atomic E-state index is 2.47. The molecule has 10 rings (SSSR count). The normalized spacial score (nSPS) is 13.8. The van der Waals surface area contributed by atoms with Crippen molar-refractivity contribution in [3.05, 3.63) is 252 Å². The largest absolute Gasteiger partial charge is 0.310 e. The fourth-order valence-corrected chi connectivity index (χ4v) is 9.02. The van der Waals surface area contributed by atoms with Crippen molar-refractivity contribution in [2.75, 3.05) is 4.90 Å². The molecule has 1 nitrogen and oxygen atoms in total. The van der Waals surface area contributed by atoms with Gasteiger partial charge in [0.1, 0.15) is 0 Å². The van der Waals surface area contributed by atoms with Gasteiger partial charge in [0.05, 0.1) is 5.41 Å². The van der Waals surface area contributed by atoms with Crippen molar-refractivity contribution in [2.24, 2.45) is 0 Å². The van der Waals surface area contributed by atoms with Crippen LogP contribution in [-0.4, -0.2) is 0 Å². The van der Waals surface area contributed by atoms with Crippen LogP contribution in [0.25, 0.3) is 39.0 Å². The van der Waals surface area contributed by atoms with Crippen molar-refractivity contribution >= 4 is 22.6 Å². The van der Waals surface area contributed by atoms with Crippen LogP contribution in [0.4, 0.5) is 17.1 Å². The molecule has 0 saturated carbocycles. The third-order valence-corrected chi connectivity index (χ3v) is 11.6. The first kappa shape index (κ1) is 33.6. The Kier molecular flexibility index (Phi) is 8.61. The van der Waals surface area contributed by atoms with Crippen LogP contribution in [0.1, 0.15) is 40.7 Å². The topological polar surface area (TPSA) is 3.24 Å².